The molecule has 1 amide bonds. The minimum absolute atomic E-state index is 0.164. The van der Waals surface area contributed by atoms with Gasteiger partial charge in [0.05, 0.1) is 7.11 Å². The van der Waals surface area contributed by atoms with Crippen molar-refractivity contribution in [3.05, 3.63) is 24.3 Å². The maximum Gasteiger partial charge on any atom is 0.220 e. The summed E-state index contributed by atoms with van der Waals surface area (Å²) in [6.07, 6.45) is 0.616. The molecule has 5 nitrogen and oxygen atoms in total. The molecular weight excluding hydrogens is 290 g/mol. The van der Waals surface area contributed by atoms with Gasteiger partial charge in [0.25, 0.3) is 0 Å². The molecule has 1 fully saturated rings. The number of carbonyl (C=O) groups excluding carboxylic acids is 1. The third-order valence-corrected chi connectivity index (χ3v) is 4.15. The second-order valence-corrected chi connectivity index (χ2v) is 6.47. The fourth-order valence-corrected chi connectivity index (χ4v) is 2.82. The number of hydrogen-bond donors (Lipinski definition) is 1. The molecule has 0 bridgehead atoms. The van der Waals surface area contributed by atoms with E-state index in [1.807, 2.05) is 12.1 Å². The summed E-state index contributed by atoms with van der Waals surface area (Å²) in [5.74, 6) is 1.48. The van der Waals surface area contributed by atoms with Gasteiger partial charge in [-0.3, -0.25) is 9.69 Å². The lowest BCUT2D eigenvalue weighted by molar-refractivity contribution is -0.121. The van der Waals surface area contributed by atoms with Crippen LogP contribution in [0.4, 0.5) is 5.69 Å². The van der Waals surface area contributed by atoms with Crippen molar-refractivity contribution in [3.63, 3.8) is 0 Å². The highest BCUT2D eigenvalue weighted by atomic mass is 16.5. The second kappa shape index (κ2) is 8.77. The van der Waals surface area contributed by atoms with E-state index in [0.29, 0.717) is 12.3 Å². The quantitative estimate of drug-likeness (QED) is 0.835. The van der Waals surface area contributed by atoms with Crippen LogP contribution in [0.3, 0.4) is 0 Å². The van der Waals surface area contributed by atoms with Gasteiger partial charge in [0.15, 0.2) is 0 Å². The lowest BCUT2D eigenvalue weighted by Crippen LogP contribution is -2.48. The normalized spacial score (nSPS) is 15.7. The van der Waals surface area contributed by atoms with Crippen molar-refractivity contribution in [3.8, 4) is 5.75 Å². The van der Waals surface area contributed by atoms with E-state index >= 15 is 0 Å². The summed E-state index contributed by atoms with van der Waals surface area (Å²) < 4.78 is 5.20. The molecule has 0 aromatic heterocycles. The molecule has 128 valence electrons. The number of benzene rings is 1. The summed E-state index contributed by atoms with van der Waals surface area (Å²) in [7, 11) is 1.69. The third-order valence-electron chi connectivity index (χ3n) is 4.15. The SMILES string of the molecule is COc1ccc(N2CCN(CCNC(=O)CC(C)C)CC2)cc1. The lowest BCUT2D eigenvalue weighted by atomic mass is 10.1. The maximum atomic E-state index is 11.6. The average Bonchev–Trinajstić information content (AvgIpc) is 2.55. The monoisotopic (exact) mass is 319 g/mol. The van der Waals surface area contributed by atoms with Gasteiger partial charge >= 0.3 is 0 Å². The zero-order chi connectivity index (χ0) is 16.7. The number of piperazine rings is 1. The zero-order valence-corrected chi connectivity index (χ0v) is 14.5. The molecule has 1 aromatic rings. The van der Waals surface area contributed by atoms with Crippen LogP contribution in [0.25, 0.3) is 0 Å². The zero-order valence-electron chi connectivity index (χ0n) is 14.5. The Labute approximate surface area is 139 Å². The molecule has 0 unspecified atom stereocenters. The molecule has 0 spiro atoms. The van der Waals surface area contributed by atoms with Gasteiger partial charge in [-0.2, -0.15) is 0 Å². The van der Waals surface area contributed by atoms with Gasteiger partial charge in [-0.15, -0.1) is 0 Å². The minimum atomic E-state index is 0.164. The predicted molar refractivity (Wildman–Crippen MR) is 94.1 cm³/mol. The number of hydrogen-bond acceptors (Lipinski definition) is 4. The van der Waals surface area contributed by atoms with Gasteiger partial charge in [-0.05, 0) is 30.2 Å². The van der Waals surface area contributed by atoms with Crippen LogP contribution in [0.5, 0.6) is 5.75 Å². The first kappa shape index (κ1) is 17.6. The molecule has 5 heteroatoms. The van der Waals surface area contributed by atoms with Crippen LogP contribution in [-0.4, -0.2) is 57.2 Å². The number of nitrogens with zero attached hydrogens (tertiary/aromatic N) is 2. The molecule has 1 aliphatic heterocycles. The van der Waals surface area contributed by atoms with Crippen LogP contribution in [-0.2, 0) is 4.79 Å². The van der Waals surface area contributed by atoms with Crippen molar-refractivity contribution < 1.29 is 9.53 Å². The number of carbonyl (C=O) groups is 1. The van der Waals surface area contributed by atoms with Gasteiger partial charge in [-0.25, -0.2) is 0 Å². The van der Waals surface area contributed by atoms with E-state index in [0.717, 1.165) is 45.0 Å². The van der Waals surface area contributed by atoms with Crippen LogP contribution in [0.1, 0.15) is 20.3 Å². The van der Waals surface area contributed by atoms with Crippen LogP contribution in [0.2, 0.25) is 0 Å². The number of rotatable bonds is 7. The number of nitrogens with one attached hydrogen (secondary N) is 1. The molecule has 0 atom stereocenters. The summed E-state index contributed by atoms with van der Waals surface area (Å²) in [5, 5.41) is 3.01. The van der Waals surface area contributed by atoms with E-state index in [2.05, 4.69) is 41.1 Å². The van der Waals surface area contributed by atoms with Crippen molar-refractivity contribution in [2.75, 3.05) is 51.3 Å². The van der Waals surface area contributed by atoms with Gasteiger partial charge in [0.1, 0.15) is 5.75 Å². The van der Waals surface area contributed by atoms with Gasteiger partial charge in [-0.1, -0.05) is 13.8 Å². The molecule has 0 saturated carbocycles. The molecule has 1 heterocycles. The van der Waals surface area contributed by atoms with Crippen molar-refractivity contribution in [1.29, 1.82) is 0 Å². The summed E-state index contributed by atoms with van der Waals surface area (Å²) in [4.78, 5) is 16.4. The Morgan fingerprint density at radius 3 is 2.39 bits per heavy atom. The summed E-state index contributed by atoms with van der Waals surface area (Å²) in [6.45, 7) is 9.92. The molecular formula is C18H29N3O2. The van der Waals surface area contributed by atoms with E-state index in [1.165, 1.54) is 5.69 Å². The van der Waals surface area contributed by atoms with Crippen molar-refractivity contribution in [2.24, 2.45) is 5.92 Å². The Hall–Kier alpha value is -1.75. The minimum Gasteiger partial charge on any atom is -0.497 e. The summed E-state index contributed by atoms with van der Waals surface area (Å²) >= 11 is 0. The summed E-state index contributed by atoms with van der Waals surface area (Å²) in [5.41, 5.74) is 1.25. The van der Waals surface area contributed by atoms with Crippen molar-refractivity contribution >= 4 is 11.6 Å². The van der Waals surface area contributed by atoms with E-state index in [-0.39, 0.29) is 5.91 Å². The molecule has 2 rings (SSSR count). The van der Waals surface area contributed by atoms with Crippen molar-refractivity contribution in [2.45, 2.75) is 20.3 Å². The number of amides is 1. The number of ether oxygens (including phenoxy) is 1. The van der Waals surface area contributed by atoms with E-state index in [4.69, 9.17) is 4.74 Å². The third kappa shape index (κ3) is 5.75. The lowest BCUT2D eigenvalue weighted by Gasteiger charge is -2.36. The van der Waals surface area contributed by atoms with Crippen LogP contribution in [0, 0.1) is 5.92 Å². The van der Waals surface area contributed by atoms with Gasteiger partial charge < -0.3 is 15.0 Å². The Bertz CT molecular complexity index is 480. The molecule has 0 radical (unpaired) electrons. The average molecular weight is 319 g/mol. The first-order valence-electron chi connectivity index (χ1n) is 8.46. The van der Waals surface area contributed by atoms with E-state index in [1.54, 1.807) is 7.11 Å². The van der Waals surface area contributed by atoms with Crippen LogP contribution < -0.4 is 15.0 Å². The number of methoxy groups -OCH3 is 1. The largest absolute Gasteiger partial charge is 0.497 e. The first-order chi connectivity index (χ1) is 11.1. The number of anilines is 1. The molecule has 0 aliphatic carbocycles. The second-order valence-electron chi connectivity index (χ2n) is 6.47. The maximum absolute atomic E-state index is 11.6. The fourth-order valence-electron chi connectivity index (χ4n) is 2.82. The van der Waals surface area contributed by atoms with Crippen LogP contribution >= 0.6 is 0 Å². The van der Waals surface area contributed by atoms with Gasteiger partial charge in [0.2, 0.25) is 5.91 Å². The predicted octanol–water partition coefficient (Wildman–Crippen LogP) is 1.98. The molecule has 1 aliphatic rings. The fraction of sp³-hybridized carbons (Fsp3) is 0.611. The smallest absolute Gasteiger partial charge is 0.220 e. The molecule has 1 N–H and O–H groups in total. The van der Waals surface area contributed by atoms with Crippen LogP contribution in [0.15, 0.2) is 24.3 Å². The standard InChI is InChI=1S/C18H29N3O2/c1-15(2)14-18(22)19-8-9-20-10-12-21(13-11-20)16-4-6-17(23-3)7-5-16/h4-7,15H,8-14H2,1-3H3,(H,19,22). The van der Waals surface area contributed by atoms with Crippen molar-refractivity contribution in [1.82, 2.24) is 10.2 Å². The van der Waals surface area contributed by atoms with E-state index < -0.39 is 0 Å². The van der Waals surface area contributed by atoms with Gasteiger partial charge in [0, 0.05) is 51.4 Å². The topological polar surface area (TPSA) is 44.8 Å². The Balaban J connectivity index is 1.68. The Morgan fingerprint density at radius 1 is 1.17 bits per heavy atom. The molecule has 23 heavy (non-hydrogen) atoms. The highest BCUT2D eigenvalue weighted by Crippen LogP contribution is 2.20. The van der Waals surface area contributed by atoms with E-state index in [9.17, 15) is 4.79 Å². The highest BCUT2D eigenvalue weighted by Gasteiger charge is 2.17. The molecule has 1 aromatic carbocycles. The summed E-state index contributed by atoms with van der Waals surface area (Å²) in [6, 6.07) is 8.24. The molecule has 1 saturated heterocycles. The Kier molecular flexibility index (Phi) is 6.71. The first-order valence-corrected chi connectivity index (χ1v) is 8.46. The highest BCUT2D eigenvalue weighted by molar-refractivity contribution is 5.76. The Morgan fingerprint density at radius 2 is 1.83 bits per heavy atom.